The summed E-state index contributed by atoms with van der Waals surface area (Å²) >= 11 is 1.64. The van der Waals surface area contributed by atoms with Crippen LogP contribution in [0, 0.1) is 0 Å². The zero-order valence-corrected chi connectivity index (χ0v) is 19.2. The minimum atomic E-state index is -0.144. The van der Waals surface area contributed by atoms with E-state index in [1.165, 1.54) is 5.69 Å². The van der Waals surface area contributed by atoms with Crippen LogP contribution in [0.4, 0.5) is 17.2 Å². The van der Waals surface area contributed by atoms with E-state index in [9.17, 15) is 4.79 Å². The minimum Gasteiger partial charge on any atom is -0.368 e. The van der Waals surface area contributed by atoms with E-state index in [2.05, 4.69) is 54.4 Å². The molecule has 8 nitrogen and oxygen atoms in total. The first-order chi connectivity index (χ1) is 16.2. The fourth-order valence-electron chi connectivity index (χ4n) is 4.10. The number of thioether (sulfide) groups is 1. The number of nitrogens with one attached hydrogen (secondary N) is 1. The van der Waals surface area contributed by atoms with Gasteiger partial charge in [-0.25, -0.2) is 14.6 Å². The van der Waals surface area contributed by atoms with Gasteiger partial charge in [0.15, 0.2) is 5.65 Å². The topological polar surface area (TPSA) is 79.2 Å². The summed E-state index contributed by atoms with van der Waals surface area (Å²) in [7, 11) is 0. The third kappa shape index (κ3) is 4.63. The van der Waals surface area contributed by atoms with Gasteiger partial charge >= 0.3 is 0 Å². The van der Waals surface area contributed by atoms with Crippen LogP contribution in [-0.2, 0) is 11.3 Å². The molecular weight excluding hydrogens is 434 g/mol. The van der Waals surface area contributed by atoms with Crippen LogP contribution in [0.25, 0.3) is 11.0 Å². The van der Waals surface area contributed by atoms with Crippen LogP contribution in [-0.4, -0.2) is 58.1 Å². The smallest absolute Gasteiger partial charge is 0.246 e. The number of para-hydroxylation sites is 1. The van der Waals surface area contributed by atoms with Gasteiger partial charge in [0.1, 0.15) is 18.7 Å². The molecule has 0 atom stereocenters. The largest absolute Gasteiger partial charge is 0.368 e. The molecule has 0 spiro atoms. The molecule has 3 heterocycles. The third-order valence-corrected chi connectivity index (χ3v) is 6.49. The molecule has 1 saturated heterocycles. The Hall–Kier alpha value is -3.59. The number of fused-ring (bicyclic) bond motifs is 1. The lowest BCUT2D eigenvalue weighted by Crippen LogP contribution is -2.46. The fraction of sp³-hybridized carbons (Fsp3) is 0.250. The molecule has 4 aromatic rings. The second kappa shape index (κ2) is 9.50. The lowest BCUT2D eigenvalue weighted by molar-refractivity contribution is -0.116. The van der Waals surface area contributed by atoms with Gasteiger partial charge in [-0.1, -0.05) is 24.3 Å². The first-order valence-electron chi connectivity index (χ1n) is 10.9. The van der Waals surface area contributed by atoms with E-state index in [4.69, 9.17) is 0 Å². The van der Waals surface area contributed by atoms with Crippen LogP contribution in [0.5, 0.6) is 0 Å². The van der Waals surface area contributed by atoms with Crippen LogP contribution >= 0.6 is 11.8 Å². The molecule has 1 aliphatic rings. The maximum absolute atomic E-state index is 12.6. The van der Waals surface area contributed by atoms with E-state index < -0.39 is 0 Å². The van der Waals surface area contributed by atoms with Gasteiger partial charge in [-0.05, 0) is 36.6 Å². The molecule has 1 amide bonds. The van der Waals surface area contributed by atoms with Crippen LogP contribution in [0.2, 0.25) is 0 Å². The van der Waals surface area contributed by atoms with Crippen LogP contribution in [0.15, 0.2) is 72.0 Å². The van der Waals surface area contributed by atoms with Crippen molar-refractivity contribution < 1.29 is 4.79 Å². The number of hydrogen-bond donors (Lipinski definition) is 1. The van der Waals surface area contributed by atoms with Gasteiger partial charge in [-0.15, -0.1) is 11.8 Å². The number of amides is 1. The highest BCUT2D eigenvalue weighted by molar-refractivity contribution is 7.98. The average Bonchev–Trinajstić information content (AvgIpc) is 3.27. The lowest BCUT2D eigenvalue weighted by Gasteiger charge is -2.36. The van der Waals surface area contributed by atoms with E-state index in [0.29, 0.717) is 5.65 Å². The summed E-state index contributed by atoms with van der Waals surface area (Å²) < 4.78 is 1.63. The van der Waals surface area contributed by atoms with Gasteiger partial charge in [0, 0.05) is 42.4 Å². The van der Waals surface area contributed by atoms with Gasteiger partial charge in [0.2, 0.25) is 5.91 Å². The van der Waals surface area contributed by atoms with Crippen molar-refractivity contribution in [2.24, 2.45) is 0 Å². The van der Waals surface area contributed by atoms with Crippen molar-refractivity contribution in [1.29, 1.82) is 0 Å². The molecule has 168 valence electrons. The van der Waals surface area contributed by atoms with E-state index >= 15 is 0 Å². The first-order valence-corrected chi connectivity index (χ1v) is 12.1. The third-order valence-electron chi connectivity index (χ3n) is 5.76. The Balaban J connectivity index is 1.29. The molecule has 1 aliphatic heterocycles. The predicted molar refractivity (Wildman–Crippen MR) is 133 cm³/mol. The van der Waals surface area contributed by atoms with Gasteiger partial charge in [0.05, 0.1) is 11.6 Å². The Morgan fingerprint density at radius 3 is 2.58 bits per heavy atom. The SMILES string of the molecule is CSc1cccc(NC(=O)Cn2ncc3c(N4CCN(c5ccccc5)CC4)ncnc32)c1. The maximum Gasteiger partial charge on any atom is 0.246 e. The molecule has 2 aromatic heterocycles. The summed E-state index contributed by atoms with van der Waals surface area (Å²) in [5, 5.41) is 8.25. The number of carbonyl (C=O) groups excluding carboxylic acids is 1. The molecule has 0 aliphatic carbocycles. The quantitative estimate of drug-likeness (QED) is 0.442. The summed E-state index contributed by atoms with van der Waals surface area (Å²) in [5.41, 5.74) is 2.68. The monoisotopic (exact) mass is 459 g/mol. The summed E-state index contributed by atoms with van der Waals surface area (Å²) in [4.78, 5) is 27.4. The number of rotatable bonds is 6. The Labute approximate surface area is 196 Å². The highest BCUT2D eigenvalue weighted by Crippen LogP contribution is 2.25. The van der Waals surface area contributed by atoms with Crippen LogP contribution in [0.1, 0.15) is 0 Å². The normalized spacial score (nSPS) is 14.0. The number of benzene rings is 2. The van der Waals surface area contributed by atoms with Crippen molar-refractivity contribution >= 4 is 45.9 Å². The summed E-state index contributed by atoms with van der Waals surface area (Å²) in [6, 6.07) is 18.3. The lowest BCUT2D eigenvalue weighted by atomic mass is 10.2. The van der Waals surface area contributed by atoms with Crippen LogP contribution in [0.3, 0.4) is 0 Å². The van der Waals surface area contributed by atoms with E-state index in [-0.39, 0.29) is 12.5 Å². The first kappa shape index (κ1) is 21.3. The average molecular weight is 460 g/mol. The molecular formula is C24H25N7OS. The molecule has 0 unspecified atom stereocenters. The minimum absolute atomic E-state index is 0.0885. The Morgan fingerprint density at radius 2 is 1.79 bits per heavy atom. The van der Waals surface area contributed by atoms with E-state index in [1.807, 2.05) is 36.6 Å². The number of nitrogens with zero attached hydrogens (tertiary/aromatic N) is 6. The van der Waals surface area contributed by atoms with Crippen molar-refractivity contribution in [3.8, 4) is 0 Å². The van der Waals surface area contributed by atoms with Gasteiger partial charge < -0.3 is 15.1 Å². The summed E-state index contributed by atoms with van der Waals surface area (Å²) in [6.07, 6.45) is 5.32. The van der Waals surface area contributed by atoms with Crippen LogP contribution < -0.4 is 15.1 Å². The summed E-state index contributed by atoms with van der Waals surface area (Å²) in [5.74, 6) is 0.724. The second-order valence-electron chi connectivity index (χ2n) is 7.83. The Kier molecular flexibility index (Phi) is 6.12. The number of anilines is 3. The highest BCUT2D eigenvalue weighted by Gasteiger charge is 2.22. The molecule has 2 aromatic carbocycles. The number of hydrogen-bond acceptors (Lipinski definition) is 7. The van der Waals surface area contributed by atoms with Crippen molar-refractivity contribution in [2.75, 3.05) is 47.6 Å². The fourth-order valence-corrected chi connectivity index (χ4v) is 4.56. The maximum atomic E-state index is 12.6. The van der Waals surface area contributed by atoms with Gasteiger partial charge in [-0.3, -0.25) is 4.79 Å². The standard InChI is InChI=1S/C24H25N7OS/c1-33-20-9-5-6-18(14-20)28-22(32)16-31-24-21(15-27-31)23(25-17-26-24)30-12-10-29(11-13-30)19-7-3-2-4-8-19/h2-9,14-15,17H,10-13,16H2,1H3,(H,28,32). The van der Waals surface area contributed by atoms with Gasteiger partial charge in [-0.2, -0.15) is 5.10 Å². The van der Waals surface area contributed by atoms with Crippen molar-refractivity contribution in [3.63, 3.8) is 0 Å². The van der Waals surface area contributed by atoms with Gasteiger partial charge in [0.25, 0.3) is 0 Å². The molecule has 0 bridgehead atoms. The predicted octanol–water partition coefficient (Wildman–Crippen LogP) is 3.51. The molecule has 9 heteroatoms. The van der Waals surface area contributed by atoms with E-state index in [0.717, 1.165) is 48.0 Å². The number of piperazine rings is 1. The molecule has 1 fully saturated rings. The molecule has 5 rings (SSSR count). The number of carbonyl (C=O) groups is 1. The zero-order valence-electron chi connectivity index (χ0n) is 18.4. The van der Waals surface area contributed by atoms with E-state index in [1.54, 1.807) is 29.0 Å². The molecule has 1 N–H and O–H groups in total. The van der Waals surface area contributed by atoms with Crippen molar-refractivity contribution in [3.05, 3.63) is 67.1 Å². The zero-order chi connectivity index (χ0) is 22.6. The highest BCUT2D eigenvalue weighted by atomic mass is 32.2. The molecule has 33 heavy (non-hydrogen) atoms. The molecule has 0 radical (unpaired) electrons. The number of aromatic nitrogens is 4. The summed E-state index contributed by atoms with van der Waals surface area (Å²) in [6.45, 7) is 3.64. The second-order valence-corrected chi connectivity index (χ2v) is 8.71. The Morgan fingerprint density at radius 1 is 1.00 bits per heavy atom. The van der Waals surface area contributed by atoms with Crippen molar-refractivity contribution in [2.45, 2.75) is 11.4 Å². The molecule has 0 saturated carbocycles. The Bertz CT molecular complexity index is 1250. The van der Waals surface area contributed by atoms with Crippen molar-refractivity contribution in [1.82, 2.24) is 19.7 Å².